The summed E-state index contributed by atoms with van der Waals surface area (Å²) < 4.78 is 4.79. The Balaban J connectivity index is 3.46. The van der Waals surface area contributed by atoms with Crippen LogP contribution < -0.4 is 5.73 Å². The van der Waals surface area contributed by atoms with E-state index in [2.05, 4.69) is 0 Å². The average molecular weight is 155 g/mol. The zero-order valence-corrected chi connectivity index (χ0v) is 6.67. The Morgan fingerprint density at radius 2 is 2.45 bits per heavy atom. The van der Waals surface area contributed by atoms with Gasteiger partial charge in [0.1, 0.15) is 0 Å². The van der Waals surface area contributed by atoms with E-state index in [1.165, 1.54) is 0 Å². The van der Waals surface area contributed by atoms with Gasteiger partial charge in [0, 0.05) is 13.7 Å². The molecule has 0 aliphatic carbocycles. The van der Waals surface area contributed by atoms with Gasteiger partial charge in [-0.3, -0.25) is 4.79 Å². The standard InChI is InChI=1S/C8H13NO2/c1-3-8(10)7(9)5-4-6-11-2/h1,7H,4-6,9H2,2H3. The van der Waals surface area contributed by atoms with Crippen LogP contribution in [0.2, 0.25) is 0 Å². The van der Waals surface area contributed by atoms with E-state index in [-0.39, 0.29) is 5.78 Å². The molecule has 0 saturated heterocycles. The van der Waals surface area contributed by atoms with Gasteiger partial charge < -0.3 is 10.5 Å². The Hall–Kier alpha value is -0.850. The number of Topliss-reactive ketones (excluding diaryl/α,β-unsaturated/α-hetero) is 1. The molecule has 1 unspecified atom stereocenters. The Morgan fingerprint density at radius 1 is 1.82 bits per heavy atom. The Labute approximate surface area is 66.9 Å². The summed E-state index contributed by atoms with van der Waals surface area (Å²) in [4.78, 5) is 10.7. The molecule has 0 aliphatic heterocycles. The van der Waals surface area contributed by atoms with Gasteiger partial charge >= 0.3 is 0 Å². The third-order valence-corrected chi connectivity index (χ3v) is 1.34. The van der Waals surface area contributed by atoms with E-state index in [1.807, 2.05) is 5.92 Å². The third-order valence-electron chi connectivity index (χ3n) is 1.34. The van der Waals surface area contributed by atoms with E-state index in [4.69, 9.17) is 16.9 Å². The highest BCUT2D eigenvalue weighted by molar-refractivity contribution is 5.98. The maximum atomic E-state index is 10.7. The maximum Gasteiger partial charge on any atom is 0.221 e. The van der Waals surface area contributed by atoms with E-state index < -0.39 is 6.04 Å². The van der Waals surface area contributed by atoms with E-state index in [0.29, 0.717) is 13.0 Å². The molecule has 0 heterocycles. The van der Waals surface area contributed by atoms with Crippen LogP contribution in [0, 0.1) is 12.3 Å². The van der Waals surface area contributed by atoms with Crippen LogP contribution in [0.1, 0.15) is 12.8 Å². The molecule has 0 fully saturated rings. The van der Waals surface area contributed by atoms with Crippen molar-refractivity contribution in [3.05, 3.63) is 0 Å². The van der Waals surface area contributed by atoms with Crippen molar-refractivity contribution in [3.8, 4) is 12.3 Å². The average Bonchev–Trinajstić information content (AvgIpc) is 2.03. The van der Waals surface area contributed by atoms with E-state index in [0.717, 1.165) is 6.42 Å². The lowest BCUT2D eigenvalue weighted by Gasteiger charge is -2.04. The van der Waals surface area contributed by atoms with E-state index in [9.17, 15) is 4.79 Å². The summed E-state index contributed by atoms with van der Waals surface area (Å²) in [6.07, 6.45) is 6.23. The van der Waals surface area contributed by atoms with E-state index in [1.54, 1.807) is 7.11 Å². The predicted molar refractivity (Wildman–Crippen MR) is 42.9 cm³/mol. The van der Waals surface area contributed by atoms with Crippen molar-refractivity contribution in [2.75, 3.05) is 13.7 Å². The number of hydrogen-bond donors (Lipinski definition) is 1. The van der Waals surface area contributed by atoms with Gasteiger partial charge in [0.25, 0.3) is 0 Å². The summed E-state index contributed by atoms with van der Waals surface area (Å²) in [6.45, 7) is 0.617. The fourth-order valence-corrected chi connectivity index (χ4v) is 0.686. The van der Waals surface area contributed by atoms with Crippen LogP contribution in [0.4, 0.5) is 0 Å². The van der Waals surface area contributed by atoms with Crippen molar-refractivity contribution < 1.29 is 9.53 Å². The number of ketones is 1. The number of methoxy groups -OCH3 is 1. The molecule has 62 valence electrons. The van der Waals surface area contributed by atoms with Crippen molar-refractivity contribution in [3.63, 3.8) is 0 Å². The van der Waals surface area contributed by atoms with Crippen molar-refractivity contribution in [2.24, 2.45) is 5.73 Å². The molecule has 0 aliphatic rings. The number of rotatable bonds is 5. The minimum atomic E-state index is -0.518. The summed E-state index contributed by atoms with van der Waals surface area (Å²) in [5, 5.41) is 0. The molecular formula is C8H13NO2. The SMILES string of the molecule is C#CC(=O)C(N)CCCOC. The summed E-state index contributed by atoms with van der Waals surface area (Å²) in [5.41, 5.74) is 5.42. The second-order valence-corrected chi connectivity index (χ2v) is 2.25. The minimum absolute atomic E-state index is 0.332. The monoisotopic (exact) mass is 155 g/mol. The minimum Gasteiger partial charge on any atom is -0.385 e. The summed E-state index contributed by atoms with van der Waals surface area (Å²) in [7, 11) is 1.61. The number of carbonyl (C=O) groups excluding carboxylic acids is 1. The summed E-state index contributed by atoms with van der Waals surface area (Å²) in [5.74, 6) is 1.65. The second-order valence-electron chi connectivity index (χ2n) is 2.25. The lowest BCUT2D eigenvalue weighted by Crippen LogP contribution is -2.29. The Bertz CT molecular complexity index is 160. The number of ether oxygens (including phenoxy) is 1. The van der Waals surface area contributed by atoms with Crippen molar-refractivity contribution in [2.45, 2.75) is 18.9 Å². The van der Waals surface area contributed by atoms with Gasteiger partial charge in [0.05, 0.1) is 6.04 Å². The zero-order chi connectivity index (χ0) is 8.69. The van der Waals surface area contributed by atoms with Crippen molar-refractivity contribution in [1.82, 2.24) is 0 Å². The van der Waals surface area contributed by atoms with Gasteiger partial charge in [-0.1, -0.05) is 0 Å². The first-order valence-electron chi connectivity index (χ1n) is 3.47. The quantitative estimate of drug-likeness (QED) is 0.344. The number of terminal acetylenes is 1. The van der Waals surface area contributed by atoms with Crippen LogP contribution in [-0.4, -0.2) is 25.5 Å². The Morgan fingerprint density at radius 3 is 2.91 bits per heavy atom. The molecule has 3 nitrogen and oxygen atoms in total. The van der Waals surface area contributed by atoms with Crippen molar-refractivity contribution >= 4 is 5.78 Å². The number of hydrogen-bond acceptors (Lipinski definition) is 3. The van der Waals surface area contributed by atoms with Gasteiger partial charge in [-0.25, -0.2) is 0 Å². The molecule has 0 saturated carbocycles. The number of carbonyl (C=O) groups is 1. The van der Waals surface area contributed by atoms with Crippen LogP contribution in [0.3, 0.4) is 0 Å². The first kappa shape index (κ1) is 10.2. The Kier molecular flexibility index (Phi) is 5.44. The number of nitrogens with two attached hydrogens (primary N) is 1. The molecule has 2 N–H and O–H groups in total. The maximum absolute atomic E-state index is 10.7. The summed E-state index contributed by atoms with van der Waals surface area (Å²) >= 11 is 0. The molecule has 11 heavy (non-hydrogen) atoms. The lowest BCUT2D eigenvalue weighted by atomic mass is 10.1. The first-order chi connectivity index (χ1) is 5.22. The van der Waals surface area contributed by atoms with Crippen LogP contribution >= 0.6 is 0 Å². The van der Waals surface area contributed by atoms with E-state index >= 15 is 0 Å². The van der Waals surface area contributed by atoms with Gasteiger partial charge in [-0.05, 0) is 18.8 Å². The molecule has 0 amide bonds. The molecule has 0 rings (SSSR count). The molecule has 0 bridgehead atoms. The molecule has 0 radical (unpaired) electrons. The third kappa shape index (κ3) is 4.54. The topological polar surface area (TPSA) is 52.3 Å². The van der Waals surface area contributed by atoms with Gasteiger partial charge in [0.15, 0.2) is 0 Å². The first-order valence-corrected chi connectivity index (χ1v) is 3.47. The highest BCUT2D eigenvalue weighted by Gasteiger charge is 2.08. The highest BCUT2D eigenvalue weighted by atomic mass is 16.5. The molecule has 0 aromatic heterocycles. The smallest absolute Gasteiger partial charge is 0.221 e. The zero-order valence-electron chi connectivity index (χ0n) is 6.67. The van der Waals surface area contributed by atoms with Crippen LogP contribution in [0.15, 0.2) is 0 Å². The van der Waals surface area contributed by atoms with Gasteiger partial charge in [0.2, 0.25) is 5.78 Å². The highest BCUT2D eigenvalue weighted by Crippen LogP contribution is 1.95. The van der Waals surface area contributed by atoms with Crippen molar-refractivity contribution in [1.29, 1.82) is 0 Å². The molecule has 0 spiro atoms. The molecule has 3 heteroatoms. The van der Waals surface area contributed by atoms with Gasteiger partial charge in [-0.15, -0.1) is 6.42 Å². The van der Waals surface area contributed by atoms with Crippen LogP contribution in [0.5, 0.6) is 0 Å². The molecule has 1 atom stereocenters. The summed E-state index contributed by atoms with van der Waals surface area (Å²) in [6, 6.07) is -0.518. The van der Waals surface area contributed by atoms with Crippen LogP contribution in [-0.2, 0) is 9.53 Å². The normalized spacial score (nSPS) is 12.1. The fraction of sp³-hybridized carbons (Fsp3) is 0.625. The largest absolute Gasteiger partial charge is 0.385 e. The fourth-order valence-electron chi connectivity index (χ4n) is 0.686. The predicted octanol–water partition coefficient (Wildman–Crippen LogP) is -0.0574. The second kappa shape index (κ2) is 5.90. The van der Waals surface area contributed by atoms with Gasteiger partial charge in [-0.2, -0.15) is 0 Å². The molecule has 0 aromatic carbocycles. The molecule has 0 aromatic rings. The lowest BCUT2D eigenvalue weighted by molar-refractivity contribution is -0.115. The van der Waals surface area contributed by atoms with Crippen LogP contribution in [0.25, 0.3) is 0 Å². The molecular weight excluding hydrogens is 142 g/mol.